The minimum Gasteiger partial charge on any atom is -0.0651 e. The van der Waals surface area contributed by atoms with Crippen molar-refractivity contribution in [1.29, 1.82) is 0 Å². The molecule has 0 aliphatic carbocycles. The van der Waals surface area contributed by atoms with Crippen molar-refractivity contribution in [2.24, 2.45) is 29.6 Å². The Labute approximate surface area is 111 Å². The van der Waals surface area contributed by atoms with Crippen LogP contribution in [0.2, 0.25) is 0 Å². The standard InChI is InChI=1S/C17H36/c1-8-14(5)16(7)15(6)12-17(9-2)11-10-13(3)4/h13-17H,8-12H2,1-7H3. The molecular weight excluding hydrogens is 204 g/mol. The summed E-state index contributed by atoms with van der Waals surface area (Å²) in [5.74, 6) is 4.48. The molecule has 0 N–H and O–H groups in total. The minimum absolute atomic E-state index is 0.867. The van der Waals surface area contributed by atoms with Gasteiger partial charge in [0.25, 0.3) is 0 Å². The number of hydrogen-bond acceptors (Lipinski definition) is 0. The van der Waals surface area contributed by atoms with Gasteiger partial charge in [-0.2, -0.15) is 0 Å². The Kier molecular flexibility index (Phi) is 9.00. The quantitative estimate of drug-likeness (QED) is 0.453. The van der Waals surface area contributed by atoms with Crippen LogP contribution in [0.3, 0.4) is 0 Å². The molecule has 0 heteroatoms. The van der Waals surface area contributed by atoms with Gasteiger partial charge in [0.1, 0.15) is 0 Å². The molecule has 0 aliphatic heterocycles. The first-order valence-corrected chi connectivity index (χ1v) is 7.92. The van der Waals surface area contributed by atoms with E-state index in [2.05, 4.69) is 48.5 Å². The third-order valence-corrected chi connectivity index (χ3v) is 4.87. The van der Waals surface area contributed by atoms with Crippen LogP contribution in [0.25, 0.3) is 0 Å². The predicted octanol–water partition coefficient (Wildman–Crippen LogP) is 6.16. The SMILES string of the molecule is CCC(CCC(C)C)CC(C)C(C)C(C)CC. The lowest BCUT2D eigenvalue weighted by atomic mass is 9.77. The molecule has 17 heavy (non-hydrogen) atoms. The normalized spacial score (nSPS) is 19.1. The van der Waals surface area contributed by atoms with Crippen LogP contribution < -0.4 is 0 Å². The molecule has 0 spiro atoms. The maximum absolute atomic E-state index is 2.47. The monoisotopic (exact) mass is 240 g/mol. The van der Waals surface area contributed by atoms with E-state index in [-0.39, 0.29) is 0 Å². The Morgan fingerprint density at radius 2 is 1.29 bits per heavy atom. The predicted molar refractivity (Wildman–Crippen MR) is 80.3 cm³/mol. The van der Waals surface area contributed by atoms with Crippen molar-refractivity contribution in [3.63, 3.8) is 0 Å². The molecule has 0 saturated heterocycles. The van der Waals surface area contributed by atoms with Crippen molar-refractivity contribution in [3.05, 3.63) is 0 Å². The number of rotatable bonds is 9. The van der Waals surface area contributed by atoms with Crippen molar-refractivity contribution in [2.45, 2.75) is 80.6 Å². The largest absolute Gasteiger partial charge is 0.0651 e. The molecule has 104 valence electrons. The highest BCUT2D eigenvalue weighted by atomic mass is 14.3. The average Bonchev–Trinajstić information content (AvgIpc) is 2.31. The molecule has 0 radical (unpaired) electrons. The molecule has 0 rings (SSSR count). The highest BCUT2D eigenvalue weighted by molar-refractivity contribution is 4.71. The molecule has 0 aliphatic rings. The summed E-state index contributed by atoms with van der Waals surface area (Å²) >= 11 is 0. The van der Waals surface area contributed by atoms with Crippen LogP contribution in [-0.4, -0.2) is 0 Å². The lowest BCUT2D eigenvalue weighted by Crippen LogP contribution is -2.19. The zero-order chi connectivity index (χ0) is 13.4. The third kappa shape index (κ3) is 7.11. The van der Waals surface area contributed by atoms with Crippen LogP contribution in [0.15, 0.2) is 0 Å². The summed E-state index contributed by atoms with van der Waals surface area (Å²) in [5, 5.41) is 0. The molecule has 4 unspecified atom stereocenters. The molecule has 0 aromatic carbocycles. The Morgan fingerprint density at radius 3 is 1.71 bits per heavy atom. The maximum Gasteiger partial charge on any atom is -0.0391 e. The van der Waals surface area contributed by atoms with Crippen LogP contribution in [-0.2, 0) is 0 Å². The molecule has 0 aromatic rings. The van der Waals surface area contributed by atoms with Crippen LogP contribution in [0.4, 0.5) is 0 Å². The van der Waals surface area contributed by atoms with Gasteiger partial charge in [0.2, 0.25) is 0 Å². The van der Waals surface area contributed by atoms with E-state index < -0.39 is 0 Å². The summed E-state index contributed by atoms with van der Waals surface area (Å²) in [6.07, 6.45) is 6.97. The Balaban J connectivity index is 4.08. The van der Waals surface area contributed by atoms with Crippen molar-refractivity contribution in [2.75, 3.05) is 0 Å². The summed E-state index contributed by atoms with van der Waals surface area (Å²) < 4.78 is 0. The summed E-state index contributed by atoms with van der Waals surface area (Å²) in [5.41, 5.74) is 0. The fourth-order valence-electron chi connectivity index (χ4n) is 2.73. The molecule has 0 heterocycles. The minimum atomic E-state index is 0.867. The fraction of sp³-hybridized carbons (Fsp3) is 1.00. The maximum atomic E-state index is 2.47. The summed E-state index contributed by atoms with van der Waals surface area (Å²) in [6.45, 7) is 16.7. The van der Waals surface area contributed by atoms with Crippen molar-refractivity contribution in [1.82, 2.24) is 0 Å². The lowest BCUT2D eigenvalue weighted by molar-refractivity contribution is 0.219. The Bertz CT molecular complexity index is 171. The first-order chi connectivity index (χ1) is 7.92. The molecule has 0 saturated carbocycles. The van der Waals surface area contributed by atoms with E-state index in [0.29, 0.717) is 0 Å². The van der Waals surface area contributed by atoms with Crippen molar-refractivity contribution >= 4 is 0 Å². The van der Waals surface area contributed by atoms with E-state index in [1.807, 2.05) is 0 Å². The molecule has 0 amide bonds. The topological polar surface area (TPSA) is 0 Å². The third-order valence-electron chi connectivity index (χ3n) is 4.87. The van der Waals surface area contributed by atoms with Gasteiger partial charge in [0, 0.05) is 0 Å². The fourth-order valence-corrected chi connectivity index (χ4v) is 2.73. The van der Waals surface area contributed by atoms with E-state index >= 15 is 0 Å². The van der Waals surface area contributed by atoms with Gasteiger partial charge < -0.3 is 0 Å². The molecule has 0 bridgehead atoms. The second-order valence-electron chi connectivity index (χ2n) is 6.70. The smallest absolute Gasteiger partial charge is 0.0391 e. The van der Waals surface area contributed by atoms with Crippen molar-refractivity contribution in [3.8, 4) is 0 Å². The zero-order valence-electron chi connectivity index (χ0n) is 13.4. The Hall–Kier alpha value is 0. The molecule has 0 fully saturated rings. The van der Waals surface area contributed by atoms with E-state index in [1.165, 1.54) is 32.1 Å². The van der Waals surface area contributed by atoms with Gasteiger partial charge in [-0.1, -0.05) is 74.1 Å². The van der Waals surface area contributed by atoms with Gasteiger partial charge in [0.05, 0.1) is 0 Å². The molecule has 0 nitrogen and oxygen atoms in total. The second kappa shape index (κ2) is 9.00. The number of hydrogen-bond donors (Lipinski definition) is 0. The first kappa shape index (κ1) is 17.0. The highest BCUT2D eigenvalue weighted by Gasteiger charge is 2.20. The molecule has 4 atom stereocenters. The highest BCUT2D eigenvalue weighted by Crippen LogP contribution is 2.31. The van der Waals surface area contributed by atoms with Crippen LogP contribution in [0.5, 0.6) is 0 Å². The van der Waals surface area contributed by atoms with E-state index in [9.17, 15) is 0 Å². The van der Waals surface area contributed by atoms with Gasteiger partial charge in [-0.3, -0.25) is 0 Å². The van der Waals surface area contributed by atoms with E-state index in [0.717, 1.165) is 29.6 Å². The lowest BCUT2D eigenvalue weighted by Gasteiger charge is -2.28. The van der Waals surface area contributed by atoms with Gasteiger partial charge in [-0.25, -0.2) is 0 Å². The van der Waals surface area contributed by atoms with Crippen molar-refractivity contribution < 1.29 is 0 Å². The van der Waals surface area contributed by atoms with Crippen LogP contribution >= 0.6 is 0 Å². The summed E-state index contributed by atoms with van der Waals surface area (Å²) in [4.78, 5) is 0. The zero-order valence-corrected chi connectivity index (χ0v) is 13.4. The average molecular weight is 240 g/mol. The molecular formula is C17H36. The van der Waals surface area contributed by atoms with Crippen LogP contribution in [0, 0.1) is 29.6 Å². The van der Waals surface area contributed by atoms with Gasteiger partial charge >= 0.3 is 0 Å². The first-order valence-electron chi connectivity index (χ1n) is 7.92. The van der Waals surface area contributed by atoms with Crippen LogP contribution in [0.1, 0.15) is 80.6 Å². The summed E-state index contributed by atoms with van der Waals surface area (Å²) in [7, 11) is 0. The van der Waals surface area contributed by atoms with Gasteiger partial charge in [0.15, 0.2) is 0 Å². The van der Waals surface area contributed by atoms with E-state index in [1.54, 1.807) is 0 Å². The van der Waals surface area contributed by atoms with E-state index in [4.69, 9.17) is 0 Å². The second-order valence-corrected chi connectivity index (χ2v) is 6.70. The Morgan fingerprint density at radius 1 is 0.706 bits per heavy atom. The van der Waals surface area contributed by atoms with Gasteiger partial charge in [-0.05, 0) is 36.0 Å². The van der Waals surface area contributed by atoms with Gasteiger partial charge in [-0.15, -0.1) is 0 Å². The summed E-state index contributed by atoms with van der Waals surface area (Å²) in [6, 6.07) is 0. The molecule has 0 aromatic heterocycles.